The minimum atomic E-state index is -0.974. The van der Waals surface area contributed by atoms with E-state index in [0.717, 1.165) is 12.0 Å². The van der Waals surface area contributed by atoms with Gasteiger partial charge in [0.2, 0.25) is 0 Å². The van der Waals surface area contributed by atoms with Crippen LogP contribution in [-0.4, -0.2) is 66.3 Å². The zero-order chi connectivity index (χ0) is 29.8. The molecule has 1 aliphatic carbocycles. The SMILES string of the molecule is C=C/C=C(\C=C)C[C@H](CC(=O)OC1C2COC3OC[C@H]1CC32)[C@@H](O)CNNC(=O)c1ccc2nc(NC(C)C)oc2c1. The van der Waals surface area contributed by atoms with Gasteiger partial charge < -0.3 is 29.1 Å². The number of ether oxygens (including phenoxy) is 3. The number of aliphatic hydroxyl groups is 1. The number of rotatable bonds is 14. The van der Waals surface area contributed by atoms with E-state index in [1.165, 1.54) is 0 Å². The van der Waals surface area contributed by atoms with E-state index in [-0.39, 0.29) is 55.1 Å². The van der Waals surface area contributed by atoms with Gasteiger partial charge in [-0.1, -0.05) is 31.4 Å². The zero-order valence-electron chi connectivity index (χ0n) is 24.1. The third-order valence-corrected chi connectivity index (χ3v) is 8.20. The average molecular weight is 581 g/mol. The van der Waals surface area contributed by atoms with Gasteiger partial charge >= 0.3 is 5.97 Å². The Bertz CT molecular complexity index is 1340. The summed E-state index contributed by atoms with van der Waals surface area (Å²) in [6.45, 7) is 12.6. The molecule has 3 aliphatic rings. The summed E-state index contributed by atoms with van der Waals surface area (Å²) < 4.78 is 23.2. The van der Waals surface area contributed by atoms with E-state index in [1.54, 1.807) is 36.4 Å². The number of aliphatic hydroxyl groups excluding tert-OH is 1. The predicted molar refractivity (Wildman–Crippen MR) is 156 cm³/mol. The first kappa shape index (κ1) is 30.0. The van der Waals surface area contributed by atoms with Gasteiger partial charge in [0.15, 0.2) is 11.9 Å². The van der Waals surface area contributed by atoms with Crippen molar-refractivity contribution in [3.05, 3.63) is 60.7 Å². The summed E-state index contributed by atoms with van der Waals surface area (Å²) in [5, 5.41) is 14.2. The number of esters is 1. The van der Waals surface area contributed by atoms with Crippen molar-refractivity contribution in [3.8, 4) is 0 Å². The van der Waals surface area contributed by atoms with E-state index in [2.05, 4.69) is 34.3 Å². The number of aromatic nitrogens is 1. The van der Waals surface area contributed by atoms with Gasteiger partial charge in [0, 0.05) is 41.8 Å². The van der Waals surface area contributed by atoms with Crippen LogP contribution in [0.3, 0.4) is 0 Å². The first-order valence-electron chi connectivity index (χ1n) is 14.5. The quantitative estimate of drug-likeness (QED) is 0.149. The van der Waals surface area contributed by atoms with Crippen molar-refractivity contribution in [1.82, 2.24) is 15.8 Å². The molecule has 4 unspecified atom stereocenters. The zero-order valence-corrected chi connectivity index (χ0v) is 24.1. The van der Waals surface area contributed by atoms with Crippen LogP contribution in [0.5, 0.6) is 0 Å². The van der Waals surface area contributed by atoms with Crippen molar-refractivity contribution in [2.75, 3.05) is 25.1 Å². The first-order valence-corrected chi connectivity index (χ1v) is 14.5. The summed E-state index contributed by atoms with van der Waals surface area (Å²) in [7, 11) is 0. The molecule has 5 rings (SSSR count). The Morgan fingerprint density at radius 1 is 1.19 bits per heavy atom. The van der Waals surface area contributed by atoms with Crippen molar-refractivity contribution >= 4 is 29.0 Å². The molecule has 2 saturated heterocycles. The summed E-state index contributed by atoms with van der Waals surface area (Å²) in [4.78, 5) is 30.3. The van der Waals surface area contributed by atoms with Gasteiger partial charge in [0.1, 0.15) is 11.6 Å². The fourth-order valence-electron chi connectivity index (χ4n) is 6.13. The topological polar surface area (TPSA) is 144 Å². The fourth-order valence-corrected chi connectivity index (χ4v) is 6.13. The summed E-state index contributed by atoms with van der Waals surface area (Å²) in [5.74, 6) is -0.693. The molecule has 0 radical (unpaired) electrons. The van der Waals surface area contributed by atoms with Crippen molar-refractivity contribution in [2.24, 2.45) is 23.7 Å². The van der Waals surface area contributed by atoms with Crippen LogP contribution in [0.25, 0.3) is 11.1 Å². The molecule has 42 heavy (non-hydrogen) atoms. The lowest BCUT2D eigenvalue weighted by molar-refractivity contribution is -0.178. The van der Waals surface area contributed by atoms with Crippen molar-refractivity contribution in [2.45, 2.75) is 57.6 Å². The van der Waals surface area contributed by atoms with Crippen molar-refractivity contribution in [3.63, 3.8) is 0 Å². The standard InChI is InChI=1S/C31H40N4O7/c1-5-7-18(6-2)10-20(13-27(37)42-28-21-11-22-23(28)16-40-30(22)39-15-21)25(36)14-32-35-29(38)19-8-9-24-26(12-19)41-31(34-24)33-17(3)4/h5-9,12,17,20-23,25,28,30,32,36H,1-2,10-11,13-16H2,3-4H3,(H,33,34)(H,35,38)/b18-7+/t20-,21-,22?,23?,25+,28?,30?/m1/s1. The maximum absolute atomic E-state index is 13.2. The Morgan fingerprint density at radius 2 is 2.00 bits per heavy atom. The maximum atomic E-state index is 13.2. The number of benzene rings is 1. The lowest BCUT2D eigenvalue weighted by Crippen LogP contribution is -2.44. The largest absolute Gasteiger partial charge is 0.462 e. The van der Waals surface area contributed by atoms with Crippen LogP contribution in [0.15, 0.2) is 59.6 Å². The molecular formula is C31H40N4O7. The maximum Gasteiger partial charge on any atom is 0.306 e. The number of oxazole rings is 1. The smallest absolute Gasteiger partial charge is 0.306 e. The van der Waals surface area contributed by atoms with Gasteiger partial charge in [-0.15, -0.1) is 0 Å². The molecule has 2 aromatic rings. The number of nitrogens with zero attached hydrogens (tertiary/aromatic N) is 1. The Balaban J connectivity index is 1.18. The highest BCUT2D eigenvalue weighted by Gasteiger charge is 2.56. The lowest BCUT2D eigenvalue weighted by Gasteiger charge is -2.28. The third kappa shape index (κ3) is 6.75. The fraction of sp³-hybridized carbons (Fsp3) is 0.516. The molecule has 4 N–H and O–H groups in total. The van der Waals surface area contributed by atoms with Gasteiger partial charge in [0.05, 0.1) is 25.7 Å². The molecule has 3 fully saturated rings. The van der Waals surface area contributed by atoms with Crippen LogP contribution in [0.1, 0.15) is 43.5 Å². The number of amides is 1. The number of fused-ring (bicyclic) bond motifs is 2. The van der Waals surface area contributed by atoms with Crippen LogP contribution in [0.4, 0.5) is 6.01 Å². The molecule has 1 saturated carbocycles. The highest BCUT2D eigenvalue weighted by atomic mass is 16.7. The minimum Gasteiger partial charge on any atom is -0.462 e. The van der Waals surface area contributed by atoms with Gasteiger partial charge in [-0.05, 0) is 50.5 Å². The Kier molecular flexibility index (Phi) is 9.42. The molecular weight excluding hydrogens is 540 g/mol. The minimum absolute atomic E-state index is 0.000226. The van der Waals surface area contributed by atoms with Crippen LogP contribution >= 0.6 is 0 Å². The summed E-state index contributed by atoms with van der Waals surface area (Å²) in [6.07, 6.45) is 5.01. The molecule has 2 aliphatic heterocycles. The predicted octanol–water partition coefficient (Wildman–Crippen LogP) is 3.49. The second-order valence-corrected chi connectivity index (χ2v) is 11.6. The molecule has 1 aromatic heterocycles. The van der Waals surface area contributed by atoms with Gasteiger partial charge in [-0.25, -0.2) is 5.43 Å². The summed E-state index contributed by atoms with van der Waals surface area (Å²) >= 11 is 0. The number of hydrogen-bond donors (Lipinski definition) is 4. The van der Waals surface area contributed by atoms with E-state index in [0.29, 0.717) is 42.3 Å². The van der Waals surface area contributed by atoms with Crippen LogP contribution in [-0.2, 0) is 19.0 Å². The van der Waals surface area contributed by atoms with Gasteiger partial charge in [0.25, 0.3) is 11.9 Å². The number of hydrazine groups is 1. The van der Waals surface area contributed by atoms with Crippen LogP contribution < -0.4 is 16.2 Å². The number of carbonyl (C=O) groups is 2. The first-order chi connectivity index (χ1) is 20.2. The van der Waals surface area contributed by atoms with Gasteiger partial charge in [-0.2, -0.15) is 4.98 Å². The Morgan fingerprint density at radius 3 is 2.76 bits per heavy atom. The molecule has 11 nitrogen and oxygen atoms in total. The Labute approximate surface area is 245 Å². The molecule has 11 heteroatoms. The van der Waals surface area contributed by atoms with Crippen LogP contribution in [0.2, 0.25) is 0 Å². The van der Waals surface area contributed by atoms with Crippen molar-refractivity contribution < 1.29 is 33.3 Å². The van der Waals surface area contributed by atoms with E-state index in [9.17, 15) is 14.7 Å². The second-order valence-electron chi connectivity index (χ2n) is 11.6. The van der Waals surface area contributed by atoms with Crippen LogP contribution in [0, 0.1) is 23.7 Å². The third-order valence-electron chi connectivity index (χ3n) is 8.20. The molecule has 3 heterocycles. The van der Waals surface area contributed by atoms with Crippen molar-refractivity contribution in [1.29, 1.82) is 0 Å². The lowest BCUT2D eigenvalue weighted by atomic mass is 9.90. The number of hydrogen-bond acceptors (Lipinski definition) is 10. The Hall–Kier alpha value is -3.51. The number of anilines is 1. The molecule has 0 spiro atoms. The highest BCUT2D eigenvalue weighted by Crippen LogP contribution is 2.49. The van der Waals surface area contributed by atoms with E-state index < -0.39 is 17.9 Å². The molecule has 226 valence electrons. The monoisotopic (exact) mass is 580 g/mol. The average Bonchev–Trinajstić information content (AvgIpc) is 3.63. The molecule has 1 amide bonds. The normalized spacial score (nSPS) is 26.2. The number of allylic oxidation sites excluding steroid dienone is 4. The number of nitrogens with one attached hydrogen (secondary N) is 3. The molecule has 2 bridgehead atoms. The van der Waals surface area contributed by atoms with E-state index in [4.69, 9.17) is 18.6 Å². The molecule has 7 atom stereocenters. The van der Waals surface area contributed by atoms with Gasteiger partial charge in [-0.3, -0.25) is 15.0 Å². The van der Waals surface area contributed by atoms with E-state index in [1.807, 2.05) is 13.8 Å². The summed E-state index contributed by atoms with van der Waals surface area (Å²) in [6, 6.07) is 5.50. The highest BCUT2D eigenvalue weighted by molar-refractivity contribution is 5.96. The van der Waals surface area contributed by atoms with E-state index >= 15 is 0 Å². The summed E-state index contributed by atoms with van der Waals surface area (Å²) in [5.41, 5.74) is 7.72. The molecule has 1 aromatic carbocycles. The number of carbonyl (C=O) groups excluding carboxylic acids is 2. The second kappa shape index (κ2) is 13.2.